The number of amidine groups is 1. The number of carbonyl (C=O) groups excluding carboxylic acids is 2. The number of halogens is 3. The minimum atomic E-state index is -0.569. The molecule has 0 spiro atoms. The van der Waals surface area contributed by atoms with E-state index in [1.165, 1.54) is 11.8 Å². The van der Waals surface area contributed by atoms with E-state index in [0.29, 0.717) is 33.1 Å². The van der Waals surface area contributed by atoms with Crippen LogP contribution in [0.4, 0.5) is 11.4 Å². The SMILES string of the molecule is CCN1C(=O)C[C@H](C(=O)Nc2ccc(Br)cc2)SC1=Nc1ccc(Cl)c(Cl)c1. The predicted molar refractivity (Wildman–Crippen MR) is 120 cm³/mol. The van der Waals surface area contributed by atoms with E-state index < -0.39 is 5.25 Å². The molecule has 2 aromatic rings. The van der Waals surface area contributed by atoms with Crippen molar-refractivity contribution in [2.45, 2.75) is 18.6 Å². The molecular formula is C19H16BrCl2N3O2S. The number of hydrogen-bond acceptors (Lipinski definition) is 4. The van der Waals surface area contributed by atoms with E-state index in [9.17, 15) is 9.59 Å². The molecule has 1 atom stereocenters. The molecule has 0 aromatic heterocycles. The van der Waals surface area contributed by atoms with Crippen molar-refractivity contribution in [2.24, 2.45) is 4.99 Å². The molecule has 1 fully saturated rings. The Morgan fingerprint density at radius 1 is 1.25 bits per heavy atom. The van der Waals surface area contributed by atoms with Crippen molar-refractivity contribution in [3.8, 4) is 0 Å². The summed E-state index contributed by atoms with van der Waals surface area (Å²) in [5.41, 5.74) is 1.24. The van der Waals surface area contributed by atoms with Gasteiger partial charge in [-0.1, -0.05) is 50.9 Å². The lowest BCUT2D eigenvalue weighted by atomic mass is 10.2. The van der Waals surface area contributed by atoms with E-state index in [-0.39, 0.29) is 18.2 Å². The maximum atomic E-state index is 12.7. The van der Waals surface area contributed by atoms with Crippen molar-refractivity contribution in [1.82, 2.24) is 4.90 Å². The normalized spacial score (nSPS) is 18.4. The summed E-state index contributed by atoms with van der Waals surface area (Å²) < 4.78 is 0.919. The largest absolute Gasteiger partial charge is 0.325 e. The third-order valence-electron chi connectivity index (χ3n) is 3.99. The highest BCUT2D eigenvalue weighted by atomic mass is 79.9. The Balaban J connectivity index is 1.82. The minimum absolute atomic E-state index is 0.112. The first kappa shape index (κ1) is 21.2. The van der Waals surface area contributed by atoms with Crippen molar-refractivity contribution >= 4 is 79.3 Å². The van der Waals surface area contributed by atoms with Crippen LogP contribution in [0.3, 0.4) is 0 Å². The molecule has 0 saturated carbocycles. The highest BCUT2D eigenvalue weighted by molar-refractivity contribution is 9.10. The van der Waals surface area contributed by atoms with E-state index in [2.05, 4.69) is 26.2 Å². The molecule has 1 aliphatic heterocycles. The second-order valence-corrected chi connectivity index (χ2v) is 8.84. The fraction of sp³-hybridized carbons (Fsp3) is 0.211. The molecule has 1 saturated heterocycles. The van der Waals surface area contributed by atoms with Gasteiger partial charge in [-0.05, 0) is 49.4 Å². The molecular weight excluding hydrogens is 485 g/mol. The zero-order valence-electron chi connectivity index (χ0n) is 14.8. The van der Waals surface area contributed by atoms with Crippen LogP contribution < -0.4 is 5.32 Å². The van der Waals surface area contributed by atoms with Gasteiger partial charge < -0.3 is 5.32 Å². The number of carbonyl (C=O) groups is 2. The molecule has 146 valence electrons. The van der Waals surface area contributed by atoms with Crippen LogP contribution in [0, 0.1) is 0 Å². The van der Waals surface area contributed by atoms with Gasteiger partial charge in [0.15, 0.2) is 5.17 Å². The highest BCUT2D eigenvalue weighted by Gasteiger charge is 2.35. The molecule has 1 aliphatic rings. The molecule has 2 aromatic carbocycles. The van der Waals surface area contributed by atoms with Crippen LogP contribution in [-0.2, 0) is 9.59 Å². The standard InChI is InChI=1S/C19H16BrCl2N3O2S/c1-2-25-17(26)10-16(18(27)23-12-5-3-11(20)4-6-12)28-19(25)24-13-7-8-14(21)15(22)9-13/h3-9,16H,2,10H2,1H3,(H,23,27)/t16-/m1/s1. The summed E-state index contributed by atoms with van der Waals surface area (Å²) >= 11 is 16.6. The van der Waals surface area contributed by atoms with Gasteiger partial charge in [0.2, 0.25) is 11.8 Å². The number of thioether (sulfide) groups is 1. The van der Waals surface area contributed by atoms with Crippen LogP contribution in [0.25, 0.3) is 0 Å². The first-order chi connectivity index (χ1) is 13.4. The molecule has 0 bridgehead atoms. The Labute approximate surface area is 185 Å². The Morgan fingerprint density at radius 2 is 1.96 bits per heavy atom. The number of benzene rings is 2. The molecule has 2 amide bonds. The number of nitrogens with zero attached hydrogens (tertiary/aromatic N) is 2. The molecule has 1 N–H and O–H groups in total. The number of rotatable bonds is 4. The minimum Gasteiger partial charge on any atom is -0.325 e. The quantitative estimate of drug-likeness (QED) is 0.582. The molecule has 0 unspecified atom stereocenters. The van der Waals surface area contributed by atoms with Crippen LogP contribution in [-0.4, -0.2) is 33.7 Å². The van der Waals surface area contributed by atoms with Crippen LogP contribution in [0.5, 0.6) is 0 Å². The van der Waals surface area contributed by atoms with Crippen LogP contribution in [0.1, 0.15) is 13.3 Å². The van der Waals surface area contributed by atoms with Crippen molar-refractivity contribution in [2.75, 3.05) is 11.9 Å². The average molecular weight is 501 g/mol. The second kappa shape index (κ2) is 9.31. The van der Waals surface area contributed by atoms with E-state index in [4.69, 9.17) is 23.2 Å². The van der Waals surface area contributed by atoms with Crippen molar-refractivity contribution in [3.05, 3.63) is 57.0 Å². The summed E-state index contributed by atoms with van der Waals surface area (Å²) in [4.78, 5) is 31.3. The third-order valence-corrected chi connectivity index (χ3v) is 6.44. The lowest BCUT2D eigenvalue weighted by Gasteiger charge is -2.30. The lowest BCUT2D eigenvalue weighted by Crippen LogP contribution is -2.45. The number of aliphatic imine (C=N–C) groups is 1. The van der Waals surface area contributed by atoms with E-state index in [1.807, 2.05) is 19.1 Å². The molecule has 3 rings (SSSR count). The predicted octanol–water partition coefficient (Wildman–Crippen LogP) is 5.74. The van der Waals surface area contributed by atoms with Gasteiger partial charge in [-0.2, -0.15) is 0 Å². The lowest BCUT2D eigenvalue weighted by molar-refractivity contribution is -0.129. The third kappa shape index (κ3) is 5.08. The summed E-state index contributed by atoms with van der Waals surface area (Å²) in [5.74, 6) is -0.380. The van der Waals surface area contributed by atoms with Gasteiger partial charge in [0.1, 0.15) is 5.25 Å². The topological polar surface area (TPSA) is 61.8 Å². The molecule has 1 heterocycles. The summed E-state index contributed by atoms with van der Waals surface area (Å²) in [5, 5.41) is 3.55. The Bertz CT molecular complexity index is 937. The van der Waals surface area contributed by atoms with Crippen molar-refractivity contribution in [3.63, 3.8) is 0 Å². The Kier molecular flexibility index (Phi) is 7.04. The van der Waals surface area contributed by atoms with Crippen LogP contribution in [0.2, 0.25) is 10.0 Å². The summed E-state index contributed by atoms with van der Waals surface area (Å²) in [6.45, 7) is 2.33. The summed E-state index contributed by atoms with van der Waals surface area (Å²) in [6, 6.07) is 12.2. The number of hydrogen-bond donors (Lipinski definition) is 1. The van der Waals surface area contributed by atoms with Gasteiger partial charge in [0.05, 0.1) is 15.7 Å². The van der Waals surface area contributed by atoms with E-state index in [0.717, 1.165) is 4.47 Å². The Hall–Kier alpha value is -1.54. The summed E-state index contributed by atoms with van der Waals surface area (Å²) in [6.07, 6.45) is 0.112. The van der Waals surface area contributed by atoms with Gasteiger partial charge in [0.25, 0.3) is 0 Å². The van der Waals surface area contributed by atoms with Gasteiger partial charge in [0, 0.05) is 23.1 Å². The fourth-order valence-corrected chi connectivity index (χ4v) is 4.29. The number of amides is 2. The van der Waals surface area contributed by atoms with E-state index in [1.54, 1.807) is 35.2 Å². The smallest absolute Gasteiger partial charge is 0.238 e. The van der Waals surface area contributed by atoms with E-state index >= 15 is 0 Å². The number of nitrogens with one attached hydrogen (secondary N) is 1. The van der Waals surface area contributed by atoms with Crippen molar-refractivity contribution in [1.29, 1.82) is 0 Å². The molecule has 0 radical (unpaired) electrons. The summed E-state index contributed by atoms with van der Waals surface area (Å²) in [7, 11) is 0. The first-order valence-electron chi connectivity index (χ1n) is 8.44. The number of anilines is 1. The maximum Gasteiger partial charge on any atom is 0.238 e. The van der Waals surface area contributed by atoms with Crippen LogP contribution >= 0.6 is 50.9 Å². The zero-order chi connectivity index (χ0) is 20.3. The molecule has 0 aliphatic carbocycles. The van der Waals surface area contributed by atoms with Gasteiger partial charge in [-0.25, -0.2) is 4.99 Å². The monoisotopic (exact) mass is 499 g/mol. The second-order valence-electron chi connectivity index (χ2n) is 5.94. The highest BCUT2D eigenvalue weighted by Crippen LogP contribution is 2.32. The van der Waals surface area contributed by atoms with Gasteiger partial charge in [-0.3, -0.25) is 14.5 Å². The fourth-order valence-electron chi connectivity index (χ4n) is 2.57. The first-order valence-corrected chi connectivity index (χ1v) is 10.9. The molecule has 9 heteroatoms. The Morgan fingerprint density at radius 3 is 2.61 bits per heavy atom. The van der Waals surface area contributed by atoms with Crippen molar-refractivity contribution < 1.29 is 9.59 Å². The zero-order valence-corrected chi connectivity index (χ0v) is 18.7. The maximum absolute atomic E-state index is 12.7. The van der Waals surface area contributed by atoms with Gasteiger partial charge >= 0.3 is 0 Å². The molecule has 28 heavy (non-hydrogen) atoms. The molecule has 5 nitrogen and oxygen atoms in total. The average Bonchev–Trinajstić information content (AvgIpc) is 2.66. The van der Waals surface area contributed by atoms with Crippen LogP contribution in [0.15, 0.2) is 51.9 Å². The van der Waals surface area contributed by atoms with Gasteiger partial charge in [-0.15, -0.1) is 0 Å².